The molecule has 1 heterocycles. The number of hydrogen-bond acceptors (Lipinski definition) is 2. The molecule has 0 spiro atoms. The van der Waals surface area contributed by atoms with Gasteiger partial charge in [-0.05, 0) is 6.92 Å². The largest absolute Gasteiger partial charge is 0.323 e. The molecule has 0 atom stereocenters. The van der Waals surface area contributed by atoms with Crippen LogP contribution in [0, 0.1) is 6.92 Å². The maximum absolute atomic E-state index is 10.8. The first-order valence-electron chi connectivity index (χ1n) is 2.88. The van der Waals surface area contributed by atoms with Crippen molar-refractivity contribution in [3.63, 3.8) is 0 Å². The predicted octanol–water partition coefficient (Wildman–Crippen LogP) is -0.618. The highest BCUT2D eigenvalue weighted by Gasteiger charge is 1.96. The summed E-state index contributed by atoms with van der Waals surface area (Å²) < 4.78 is 1.30. The number of aromatic nitrogens is 2. The second kappa shape index (κ2) is 2.13. The summed E-state index contributed by atoms with van der Waals surface area (Å²) in [6, 6.07) is 0. The lowest BCUT2D eigenvalue weighted by Gasteiger charge is -1.97. The lowest BCUT2D eigenvalue weighted by Crippen LogP contribution is -2.35. The number of aryl methyl sites for hydroxylation is 1. The van der Waals surface area contributed by atoms with E-state index < -0.39 is 11.1 Å². The lowest BCUT2D eigenvalue weighted by molar-refractivity contribution is 0.784. The molecule has 1 rings (SSSR count). The minimum Gasteiger partial charge on any atom is -0.323 e. The molecule has 0 saturated heterocycles. The van der Waals surface area contributed by atoms with E-state index in [0.717, 1.165) is 5.69 Å². The standard InChI is InChI=1S/C6H8N2O2/c1-4-3-7-5(9)6(10)8(4)2/h3H,1-2H3,(H,7,9). The Hall–Kier alpha value is -1.32. The maximum Gasteiger partial charge on any atom is 0.316 e. The third kappa shape index (κ3) is 0.877. The molecule has 1 N–H and O–H groups in total. The van der Waals surface area contributed by atoms with Gasteiger partial charge in [0.25, 0.3) is 0 Å². The van der Waals surface area contributed by atoms with Crippen molar-refractivity contribution in [3.8, 4) is 0 Å². The van der Waals surface area contributed by atoms with Gasteiger partial charge < -0.3 is 9.55 Å². The van der Waals surface area contributed by atoms with Crippen LogP contribution in [0.5, 0.6) is 0 Å². The molecule has 0 aliphatic heterocycles. The Balaban J connectivity index is 3.66. The van der Waals surface area contributed by atoms with Gasteiger partial charge in [-0.25, -0.2) is 0 Å². The van der Waals surface area contributed by atoms with E-state index in [0.29, 0.717) is 0 Å². The minimum atomic E-state index is -0.576. The van der Waals surface area contributed by atoms with Gasteiger partial charge in [-0.15, -0.1) is 0 Å². The third-order valence-corrected chi connectivity index (χ3v) is 1.44. The topological polar surface area (TPSA) is 54.9 Å². The van der Waals surface area contributed by atoms with E-state index in [1.54, 1.807) is 14.0 Å². The van der Waals surface area contributed by atoms with Crippen molar-refractivity contribution in [1.29, 1.82) is 0 Å². The summed E-state index contributed by atoms with van der Waals surface area (Å²) in [5.74, 6) is 0. The molecule has 1 aromatic rings. The first kappa shape index (κ1) is 6.80. The number of H-pyrrole nitrogens is 1. The lowest BCUT2D eigenvalue weighted by atomic mass is 10.5. The highest BCUT2D eigenvalue weighted by Crippen LogP contribution is 1.81. The Labute approximate surface area is 57.1 Å². The van der Waals surface area contributed by atoms with E-state index in [9.17, 15) is 9.59 Å². The highest BCUT2D eigenvalue weighted by molar-refractivity contribution is 4.94. The van der Waals surface area contributed by atoms with Crippen molar-refractivity contribution in [2.75, 3.05) is 0 Å². The van der Waals surface area contributed by atoms with Crippen LogP contribution in [0.15, 0.2) is 15.8 Å². The van der Waals surface area contributed by atoms with Crippen molar-refractivity contribution in [2.24, 2.45) is 7.05 Å². The monoisotopic (exact) mass is 140 g/mol. The number of nitrogens with one attached hydrogen (secondary N) is 1. The van der Waals surface area contributed by atoms with E-state index in [1.807, 2.05) is 0 Å². The second-order valence-electron chi connectivity index (χ2n) is 2.12. The van der Waals surface area contributed by atoms with E-state index in [1.165, 1.54) is 10.8 Å². The van der Waals surface area contributed by atoms with Crippen molar-refractivity contribution in [3.05, 3.63) is 32.6 Å². The molecule has 4 nitrogen and oxygen atoms in total. The predicted molar refractivity (Wildman–Crippen MR) is 37.0 cm³/mol. The number of nitrogens with zero attached hydrogens (tertiary/aromatic N) is 1. The van der Waals surface area contributed by atoms with Crippen LogP contribution >= 0.6 is 0 Å². The molecule has 0 aliphatic rings. The first-order valence-corrected chi connectivity index (χ1v) is 2.88. The zero-order valence-electron chi connectivity index (χ0n) is 5.84. The van der Waals surface area contributed by atoms with Gasteiger partial charge in [0.05, 0.1) is 0 Å². The molecule has 0 aromatic carbocycles. The van der Waals surface area contributed by atoms with Crippen molar-refractivity contribution in [2.45, 2.75) is 6.92 Å². The summed E-state index contributed by atoms with van der Waals surface area (Å²) in [5, 5.41) is 0. The van der Waals surface area contributed by atoms with Crippen LogP contribution in [0.25, 0.3) is 0 Å². The average Bonchev–Trinajstić information content (AvgIpc) is 1.93. The van der Waals surface area contributed by atoms with Crippen LogP contribution < -0.4 is 11.1 Å². The van der Waals surface area contributed by atoms with Crippen LogP contribution in [-0.4, -0.2) is 9.55 Å². The highest BCUT2D eigenvalue weighted by atomic mass is 16.2. The molecule has 1 aromatic heterocycles. The van der Waals surface area contributed by atoms with Gasteiger partial charge >= 0.3 is 11.1 Å². The van der Waals surface area contributed by atoms with E-state index >= 15 is 0 Å². The molecule has 0 saturated carbocycles. The molecular formula is C6H8N2O2. The Morgan fingerprint density at radius 3 is 2.60 bits per heavy atom. The molecule has 0 aliphatic carbocycles. The van der Waals surface area contributed by atoms with Gasteiger partial charge in [0.15, 0.2) is 0 Å². The first-order chi connectivity index (χ1) is 4.63. The molecule has 0 radical (unpaired) electrons. The summed E-state index contributed by atoms with van der Waals surface area (Å²) in [5.41, 5.74) is -0.349. The molecule has 0 unspecified atom stereocenters. The summed E-state index contributed by atoms with van der Waals surface area (Å²) in [4.78, 5) is 23.7. The Bertz CT molecular complexity index is 348. The number of hydrogen-bond donors (Lipinski definition) is 1. The summed E-state index contributed by atoms with van der Waals surface area (Å²) in [7, 11) is 1.56. The van der Waals surface area contributed by atoms with E-state index in [-0.39, 0.29) is 0 Å². The van der Waals surface area contributed by atoms with Gasteiger partial charge in [0.1, 0.15) is 0 Å². The van der Waals surface area contributed by atoms with Crippen molar-refractivity contribution < 1.29 is 0 Å². The maximum atomic E-state index is 10.8. The number of rotatable bonds is 0. The molecule has 54 valence electrons. The van der Waals surface area contributed by atoms with Gasteiger partial charge in [-0.1, -0.05) is 0 Å². The van der Waals surface area contributed by atoms with Gasteiger partial charge in [0, 0.05) is 18.9 Å². The summed E-state index contributed by atoms with van der Waals surface area (Å²) in [6.07, 6.45) is 1.50. The van der Waals surface area contributed by atoms with Crippen LogP contribution in [0.4, 0.5) is 0 Å². The van der Waals surface area contributed by atoms with Crippen molar-refractivity contribution >= 4 is 0 Å². The molecular weight excluding hydrogens is 132 g/mol. The molecule has 4 heteroatoms. The van der Waals surface area contributed by atoms with Crippen LogP contribution in [0.2, 0.25) is 0 Å². The summed E-state index contributed by atoms with van der Waals surface area (Å²) in [6.45, 7) is 1.75. The van der Waals surface area contributed by atoms with Crippen LogP contribution in [-0.2, 0) is 7.05 Å². The quantitative estimate of drug-likeness (QED) is 0.488. The molecule has 0 amide bonds. The smallest absolute Gasteiger partial charge is 0.316 e. The fourth-order valence-corrected chi connectivity index (χ4v) is 0.641. The zero-order chi connectivity index (χ0) is 7.72. The second-order valence-corrected chi connectivity index (χ2v) is 2.12. The fourth-order valence-electron chi connectivity index (χ4n) is 0.641. The van der Waals surface area contributed by atoms with Gasteiger partial charge in [-0.2, -0.15) is 0 Å². The zero-order valence-corrected chi connectivity index (χ0v) is 5.84. The molecule has 0 bridgehead atoms. The van der Waals surface area contributed by atoms with Crippen LogP contribution in [0.1, 0.15) is 5.69 Å². The average molecular weight is 140 g/mol. The van der Waals surface area contributed by atoms with Crippen LogP contribution in [0.3, 0.4) is 0 Å². The van der Waals surface area contributed by atoms with Crippen molar-refractivity contribution in [1.82, 2.24) is 9.55 Å². The van der Waals surface area contributed by atoms with Gasteiger partial charge in [-0.3, -0.25) is 9.59 Å². The molecule has 10 heavy (non-hydrogen) atoms. The van der Waals surface area contributed by atoms with Gasteiger partial charge in [0.2, 0.25) is 0 Å². The number of aromatic amines is 1. The SMILES string of the molecule is Cc1c[nH]c(=O)c(=O)n1C. The Morgan fingerprint density at radius 1 is 1.50 bits per heavy atom. The third-order valence-electron chi connectivity index (χ3n) is 1.44. The summed E-state index contributed by atoms with van der Waals surface area (Å²) >= 11 is 0. The molecule has 0 fully saturated rings. The van der Waals surface area contributed by atoms with E-state index in [2.05, 4.69) is 4.98 Å². The fraction of sp³-hybridized carbons (Fsp3) is 0.333. The Kier molecular flexibility index (Phi) is 1.45. The normalized spacial score (nSPS) is 9.80. The minimum absolute atomic E-state index is 0.514. The Morgan fingerprint density at radius 2 is 2.10 bits per heavy atom. The van der Waals surface area contributed by atoms with E-state index in [4.69, 9.17) is 0 Å².